The van der Waals surface area contributed by atoms with Crippen molar-refractivity contribution in [2.24, 2.45) is 0 Å². The maximum absolute atomic E-state index is 12.7. The summed E-state index contributed by atoms with van der Waals surface area (Å²) >= 11 is 0. The minimum Gasteiger partial charge on any atom is -0.449 e. The van der Waals surface area contributed by atoms with Crippen LogP contribution in [0, 0.1) is 0 Å². The van der Waals surface area contributed by atoms with Crippen molar-refractivity contribution in [1.82, 2.24) is 0 Å². The molecule has 1 aliphatic rings. The lowest BCUT2D eigenvalue weighted by atomic mass is 10.1. The van der Waals surface area contributed by atoms with E-state index in [1.807, 2.05) is 0 Å². The fourth-order valence-corrected chi connectivity index (χ4v) is 4.59. The van der Waals surface area contributed by atoms with Crippen LogP contribution in [-0.4, -0.2) is 20.1 Å². The molecule has 0 saturated carbocycles. The van der Waals surface area contributed by atoms with Crippen molar-refractivity contribution in [1.29, 1.82) is 0 Å². The Bertz CT molecular complexity index is 1200. The van der Waals surface area contributed by atoms with E-state index in [2.05, 4.69) is 5.32 Å². The van der Waals surface area contributed by atoms with Crippen molar-refractivity contribution in [3.05, 3.63) is 83.9 Å². The first-order valence-electron chi connectivity index (χ1n) is 9.42. The van der Waals surface area contributed by atoms with Crippen molar-refractivity contribution in [3.63, 3.8) is 0 Å². The van der Waals surface area contributed by atoms with Gasteiger partial charge in [0.1, 0.15) is 0 Å². The van der Waals surface area contributed by atoms with Gasteiger partial charge >= 0.3 is 0 Å². The normalized spacial score (nSPS) is 14.3. The van der Waals surface area contributed by atoms with E-state index in [0.29, 0.717) is 28.3 Å². The average molecular weight is 423 g/mol. The lowest BCUT2D eigenvalue weighted by Crippen LogP contribution is -2.29. The zero-order valence-corrected chi connectivity index (χ0v) is 17.4. The summed E-state index contributed by atoms with van der Waals surface area (Å²) in [4.78, 5) is 12.9. The molecule has 1 heterocycles. The molecule has 0 spiro atoms. The summed E-state index contributed by atoms with van der Waals surface area (Å²) in [6, 6.07) is 20.0. The Balaban J connectivity index is 1.50. The number of carbonyl (C=O) groups is 1. The smallest absolute Gasteiger partial charge is 0.255 e. The maximum Gasteiger partial charge on any atom is 0.255 e. The molecule has 0 aromatic heterocycles. The van der Waals surface area contributed by atoms with E-state index >= 15 is 0 Å². The van der Waals surface area contributed by atoms with E-state index in [0.717, 1.165) is 0 Å². The largest absolute Gasteiger partial charge is 0.449 e. The van der Waals surface area contributed by atoms with Gasteiger partial charge in [-0.15, -0.1) is 0 Å². The van der Waals surface area contributed by atoms with Crippen molar-refractivity contribution in [2.45, 2.75) is 30.3 Å². The van der Waals surface area contributed by atoms with Crippen LogP contribution in [-0.2, 0) is 15.6 Å². The molecule has 1 aliphatic heterocycles. The monoisotopic (exact) mass is 423 g/mol. The fraction of sp³-hybridized carbons (Fsp3) is 0.174. The van der Waals surface area contributed by atoms with Gasteiger partial charge in [0.2, 0.25) is 5.79 Å². The van der Waals surface area contributed by atoms with Gasteiger partial charge in [0, 0.05) is 31.2 Å². The summed E-state index contributed by atoms with van der Waals surface area (Å²) < 4.78 is 36.6. The Kier molecular flexibility index (Phi) is 4.99. The van der Waals surface area contributed by atoms with E-state index < -0.39 is 15.6 Å². The molecule has 30 heavy (non-hydrogen) atoms. The number of sulfone groups is 1. The number of carbonyl (C=O) groups excluding carboxylic acids is 1. The molecule has 0 atom stereocenters. The molecule has 0 aliphatic carbocycles. The lowest BCUT2D eigenvalue weighted by Gasteiger charge is -2.16. The van der Waals surface area contributed by atoms with Crippen LogP contribution in [0.3, 0.4) is 0 Å². The van der Waals surface area contributed by atoms with E-state index in [1.165, 1.54) is 0 Å². The van der Waals surface area contributed by atoms with Crippen molar-refractivity contribution < 1.29 is 22.7 Å². The van der Waals surface area contributed by atoms with E-state index in [-0.39, 0.29) is 16.6 Å². The highest BCUT2D eigenvalue weighted by atomic mass is 32.2. The fourth-order valence-electron chi connectivity index (χ4n) is 3.24. The second-order valence-corrected chi connectivity index (χ2v) is 9.48. The summed E-state index contributed by atoms with van der Waals surface area (Å²) in [5, 5.41) is 2.81. The van der Waals surface area contributed by atoms with Gasteiger partial charge in [-0.1, -0.05) is 30.3 Å². The molecule has 0 saturated heterocycles. The number of fused-ring (bicyclic) bond motifs is 1. The van der Waals surface area contributed by atoms with Gasteiger partial charge in [-0.25, -0.2) is 8.42 Å². The van der Waals surface area contributed by atoms with Crippen LogP contribution in [0.4, 0.5) is 5.69 Å². The molecular formula is C23H21NO5S. The number of nitrogens with one attached hydrogen (secondary N) is 1. The first-order chi connectivity index (χ1) is 14.2. The SMILES string of the molecule is CC1(C)Oc2ccc(NC(=O)c3cccc(CS(=O)(=O)c4ccccc4)c3)cc2O1. The summed E-state index contributed by atoms with van der Waals surface area (Å²) in [6.07, 6.45) is 0. The Morgan fingerprint density at radius 3 is 2.40 bits per heavy atom. The Morgan fingerprint density at radius 1 is 0.900 bits per heavy atom. The van der Waals surface area contributed by atoms with Crippen LogP contribution >= 0.6 is 0 Å². The predicted octanol–water partition coefficient (Wildman–Crippen LogP) is 4.42. The topological polar surface area (TPSA) is 81.7 Å². The Labute approximate surface area is 175 Å². The third-order valence-electron chi connectivity index (χ3n) is 4.56. The van der Waals surface area contributed by atoms with Crippen LogP contribution in [0.2, 0.25) is 0 Å². The molecule has 0 radical (unpaired) electrons. The Morgan fingerprint density at radius 2 is 1.63 bits per heavy atom. The second-order valence-electron chi connectivity index (χ2n) is 7.49. The number of rotatable bonds is 5. The van der Waals surface area contributed by atoms with Crippen LogP contribution in [0.5, 0.6) is 11.5 Å². The summed E-state index contributed by atoms with van der Waals surface area (Å²) in [7, 11) is -3.49. The minimum absolute atomic E-state index is 0.183. The molecule has 7 heteroatoms. The number of benzene rings is 3. The van der Waals surface area contributed by atoms with Crippen LogP contribution in [0.15, 0.2) is 77.7 Å². The first-order valence-corrected chi connectivity index (χ1v) is 11.1. The second kappa shape index (κ2) is 7.50. The van der Waals surface area contributed by atoms with Crippen LogP contribution in [0.25, 0.3) is 0 Å². The van der Waals surface area contributed by atoms with Gasteiger partial charge in [0.05, 0.1) is 10.6 Å². The van der Waals surface area contributed by atoms with Crippen molar-refractivity contribution in [3.8, 4) is 11.5 Å². The summed E-state index contributed by atoms with van der Waals surface area (Å²) in [5.74, 6) is -0.0976. The van der Waals surface area contributed by atoms with Gasteiger partial charge in [0.25, 0.3) is 5.91 Å². The Hall–Kier alpha value is -3.32. The third-order valence-corrected chi connectivity index (χ3v) is 6.27. The molecule has 0 fully saturated rings. The lowest BCUT2D eigenvalue weighted by molar-refractivity contribution is -0.0431. The molecule has 0 unspecified atom stereocenters. The third kappa shape index (κ3) is 4.31. The molecular weight excluding hydrogens is 402 g/mol. The molecule has 4 rings (SSSR count). The number of anilines is 1. The number of amides is 1. The zero-order chi connectivity index (χ0) is 21.4. The minimum atomic E-state index is -3.49. The highest BCUT2D eigenvalue weighted by molar-refractivity contribution is 7.90. The van der Waals surface area contributed by atoms with Crippen molar-refractivity contribution in [2.75, 3.05) is 5.32 Å². The molecule has 0 bridgehead atoms. The van der Waals surface area contributed by atoms with Crippen LogP contribution < -0.4 is 14.8 Å². The highest BCUT2D eigenvalue weighted by Gasteiger charge is 2.31. The molecule has 1 N–H and O–H groups in total. The van der Waals surface area contributed by atoms with Gasteiger partial charge in [-0.05, 0) is 42.0 Å². The average Bonchev–Trinajstić information content (AvgIpc) is 3.01. The van der Waals surface area contributed by atoms with E-state index in [4.69, 9.17) is 9.47 Å². The van der Waals surface area contributed by atoms with Gasteiger partial charge in [-0.3, -0.25) is 4.79 Å². The summed E-state index contributed by atoms with van der Waals surface area (Å²) in [6.45, 7) is 3.61. The maximum atomic E-state index is 12.7. The standard InChI is InChI=1S/C23H21NO5S/c1-23(2)28-20-12-11-18(14-21(20)29-23)24-22(25)17-8-6-7-16(13-17)15-30(26,27)19-9-4-3-5-10-19/h3-14H,15H2,1-2H3,(H,24,25). The summed E-state index contributed by atoms with van der Waals surface area (Å²) in [5.41, 5.74) is 1.47. The van der Waals surface area contributed by atoms with Gasteiger partial charge < -0.3 is 14.8 Å². The zero-order valence-electron chi connectivity index (χ0n) is 16.6. The number of ether oxygens (including phenoxy) is 2. The molecule has 3 aromatic rings. The molecule has 1 amide bonds. The first kappa shape index (κ1) is 20.0. The van der Waals surface area contributed by atoms with E-state index in [9.17, 15) is 13.2 Å². The number of hydrogen-bond donors (Lipinski definition) is 1. The highest BCUT2D eigenvalue weighted by Crippen LogP contribution is 2.40. The number of hydrogen-bond acceptors (Lipinski definition) is 5. The molecule has 6 nitrogen and oxygen atoms in total. The predicted molar refractivity (Wildman–Crippen MR) is 114 cm³/mol. The molecule has 3 aromatic carbocycles. The van der Waals surface area contributed by atoms with Gasteiger partial charge in [0.15, 0.2) is 21.3 Å². The van der Waals surface area contributed by atoms with Gasteiger partial charge in [-0.2, -0.15) is 0 Å². The van der Waals surface area contributed by atoms with Crippen molar-refractivity contribution >= 4 is 21.4 Å². The van der Waals surface area contributed by atoms with E-state index in [1.54, 1.807) is 86.6 Å². The van der Waals surface area contributed by atoms with Crippen LogP contribution in [0.1, 0.15) is 29.8 Å². The quantitative estimate of drug-likeness (QED) is 0.657. The molecule has 154 valence electrons.